The first-order valence-electron chi connectivity index (χ1n) is 11.5. The van der Waals surface area contributed by atoms with Crippen LogP contribution in [0, 0.1) is 0 Å². The second-order valence-electron chi connectivity index (χ2n) is 8.70. The minimum atomic E-state index is -4.52. The average Bonchev–Trinajstić information content (AvgIpc) is 3.46. The standard InChI is InChI=1S/C28H28F3N3O/c1-4-19(5-2)24-14-15-25(34(24)26-9-7-6-8-23(26)28(29,30)31)20-10-12-21(13-11-20)27(35)32-22-16-17-33(3)18-22/h4-15,22H,1,16-18H2,2-3H3,(H,32,35)/b19-5+/t22-/m1/s1. The van der Waals surface area contributed by atoms with Gasteiger partial charge in [0.05, 0.1) is 22.6 Å². The van der Waals surface area contributed by atoms with Gasteiger partial charge in [-0.1, -0.05) is 43.0 Å². The van der Waals surface area contributed by atoms with Crippen LogP contribution in [-0.2, 0) is 6.18 Å². The number of likely N-dealkylation sites (tertiary alicyclic amines) is 1. The van der Waals surface area contributed by atoms with Gasteiger partial charge in [0.25, 0.3) is 5.91 Å². The van der Waals surface area contributed by atoms with Crippen molar-refractivity contribution in [1.29, 1.82) is 0 Å². The average molecular weight is 480 g/mol. The van der Waals surface area contributed by atoms with Crippen molar-refractivity contribution in [3.63, 3.8) is 0 Å². The monoisotopic (exact) mass is 479 g/mol. The van der Waals surface area contributed by atoms with Crippen LogP contribution in [0.25, 0.3) is 22.5 Å². The normalized spacial score (nSPS) is 16.9. The van der Waals surface area contributed by atoms with Crippen LogP contribution in [0.4, 0.5) is 13.2 Å². The molecule has 1 atom stereocenters. The molecule has 0 aliphatic carbocycles. The van der Waals surface area contributed by atoms with Gasteiger partial charge in [-0.15, -0.1) is 0 Å². The molecule has 182 valence electrons. The second kappa shape index (κ2) is 9.96. The molecule has 1 aliphatic rings. The fourth-order valence-corrected chi connectivity index (χ4v) is 4.54. The summed E-state index contributed by atoms with van der Waals surface area (Å²) in [5.74, 6) is -0.154. The Morgan fingerprint density at radius 2 is 1.80 bits per heavy atom. The zero-order valence-corrected chi connectivity index (χ0v) is 19.8. The van der Waals surface area contributed by atoms with E-state index in [1.807, 2.05) is 20.0 Å². The molecule has 1 aromatic heterocycles. The molecule has 0 spiro atoms. The molecule has 3 aromatic rings. The van der Waals surface area contributed by atoms with Crippen molar-refractivity contribution >= 4 is 11.5 Å². The largest absolute Gasteiger partial charge is 0.418 e. The number of rotatable bonds is 6. The molecule has 1 amide bonds. The Morgan fingerprint density at radius 1 is 1.09 bits per heavy atom. The molecule has 1 fully saturated rings. The number of aromatic nitrogens is 1. The highest BCUT2D eigenvalue weighted by molar-refractivity contribution is 5.95. The Bertz CT molecular complexity index is 1260. The van der Waals surface area contributed by atoms with Gasteiger partial charge in [-0.25, -0.2) is 0 Å². The van der Waals surface area contributed by atoms with E-state index in [9.17, 15) is 18.0 Å². The zero-order chi connectivity index (χ0) is 25.2. The maximum Gasteiger partial charge on any atom is 0.418 e. The highest BCUT2D eigenvalue weighted by atomic mass is 19.4. The number of amides is 1. The summed E-state index contributed by atoms with van der Waals surface area (Å²) in [4.78, 5) is 14.9. The van der Waals surface area contributed by atoms with Gasteiger partial charge in [0, 0.05) is 18.2 Å². The van der Waals surface area contributed by atoms with Crippen LogP contribution in [0.2, 0.25) is 0 Å². The molecule has 35 heavy (non-hydrogen) atoms. The number of carbonyl (C=O) groups excluding carboxylic acids is 1. The lowest BCUT2D eigenvalue weighted by Gasteiger charge is -2.19. The number of alkyl halides is 3. The van der Waals surface area contributed by atoms with Crippen LogP contribution in [0.3, 0.4) is 0 Å². The minimum Gasteiger partial charge on any atom is -0.348 e. The SMILES string of the molecule is C=C/C(=C\C)c1ccc(-c2ccc(C(=O)N[C@@H]3CCN(C)C3)cc2)n1-c1ccccc1C(F)(F)F. The van der Waals surface area contributed by atoms with E-state index in [2.05, 4.69) is 16.8 Å². The van der Waals surface area contributed by atoms with E-state index in [1.165, 1.54) is 12.1 Å². The number of nitrogens with one attached hydrogen (secondary N) is 1. The van der Waals surface area contributed by atoms with Crippen molar-refractivity contribution in [2.75, 3.05) is 20.1 Å². The van der Waals surface area contributed by atoms with Gasteiger partial charge in [0.2, 0.25) is 0 Å². The number of para-hydroxylation sites is 1. The Labute approximate surface area is 203 Å². The summed E-state index contributed by atoms with van der Waals surface area (Å²) in [6.07, 6.45) is -0.172. The number of hydrogen-bond donors (Lipinski definition) is 1. The number of hydrogen-bond acceptors (Lipinski definition) is 2. The third-order valence-corrected chi connectivity index (χ3v) is 6.33. The van der Waals surface area contributed by atoms with Crippen LogP contribution >= 0.6 is 0 Å². The Kier molecular flexibility index (Phi) is 6.98. The number of halogens is 3. The molecule has 7 heteroatoms. The summed E-state index contributed by atoms with van der Waals surface area (Å²) in [5, 5.41) is 3.05. The molecule has 1 aliphatic heterocycles. The van der Waals surface area contributed by atoms with Gasteiger partial charge in [-0.3, -0.25) is 4.79 Å². The maximum absolute atomic E-state index is 13.9. The summed E-state index contributed by atoms with van der Waals surface area (Å²) in [6, 6.07) is 16.2. The number of allylic oxidation sites excluding steroid dienone is 3. The first kappa shape index (κ1) is 24.5. The molecule has 4 rings (SSSR count). The van der Waals surface area contributed by atoms with Crippen LogP contribution in [0.15, 0.2) is 79.4 Å². The van der Waals surface area contributed by atoms with E-state index in [0.717, 1.165) is 25.6 Å². The fraction of sp³-hybridized carbons (Fsp3) is 0.250. The smallest absolute Gasteiger partial charge is 0.348 e. The van der Waals surface area contributed by atoms with Crippen LogP contribution < -0.4 is 5.32 Å². The number of carbonyl (C=O) groups is 1. The van der Waals surface area contributed by atoms with E-state index in [4.69, 9.17) is 0 Å². The lowest BCUT2D eigenvalue weighted by atomic mass is 10.1. The third-order valence-electron chi connectivity index (χ3n) is 6.33. The zero-order valence-electron chi connectivity index (χ0n) is 19.8. The van der Waals surface area contributed by atoms with E-state index in [-0.39, 0.29) is 17.6 Å². The lowest BCUT2D eigenvalue weighted by molar-refractivity contribution is -0.137. The fourth-order valence-electron chi connectivity index (χ4n) is 4.54. The van der Waals surface area contributed by atoms with Crippen molar-refractivity contribution < 1.29 is 18.0 Å². The van der Waals surface area contributed by atoms with Crippen molar-refractivity contribution in [3.05, 3.63) is 96.2 Å². The molecule has 1 N–H and O–H groups in total. The first-order valence-corrected chi connectivity index (χ1v) is 11.5. The molecular formula is C28H28F3N3O. The van der Waals surface area contributed by atoms with E-state index in [0.29, 0.717) is 28.1 Å². The molecule has 0 radical (unpaired) electrons. The number of likely N-dealkylation sites (N-methyl/N-ethyl adjacent to an activating group) is 1. The van der Waals surface area contributed by atoms with Gasteiger partial charge >= 0.3 is 6.18 Å². The molecule has 0 bridgehead atoms. The van der Waals surface area contributed by atoms with E-state index < -0.39 is 11.7 Å². The molecule has 2 heterocycles. The lowest BCUT2D eigenvalue weighted by Crippen LogP contribution is -2.36. The Morgan fingerprint density at radius 3 is 2.40 bits per heavy atom. The molecular weight excluding hydrogens is 451 g/mol. The highest BCUT2D eigenvalue weighted by Crippen LogP contribution is 2.38. The van der Waals surface area contributed by atoms with Gasteiger partial charge in [-0.2, -0.15) is 13.2 Å². The van der Waals surface area contributed by atoms with Gasteiger partial charge in [-0.05, 0) is 74.5 Å². The minimum absolute atomic E-state index is 0.0309. The van der Waals surface area contributed by atoms with E-state index >= 15 is 0 Å². The van der Waals surface area contributed by atoms with E-state index in [1.54, 1.807) is 53.1 Å². The summed E-state index contributed by atoms with van der Waals surface area (Å²) in [7, 11) is 2.02. The summed E-state index contributed by atoms with van der Waals surface area (Å²) in [6.45, 7) is 7.40. The predicted octanol–water partition coefficient (Wildman–Crippen LogP) is 6.19. The third kappa shape index (κ3) is 5.10. The number of benzene rings is 2. The Balaban J connectivity index is 1.75. The van der Waals surface area contributed by atoms with Gasteiger partial charge < -0.3 is 14.8 Å². The topological polar surface area (TPSA) is 37.3 Å². The first-order chi connectivity index (χ1) is 16.7. The summed E-state index contributed by atoms with van der Waals surface area (Å²) < 4.78 is 43.3. The maximum atomic E-state index is 13.9. The van der Waals surface area contributed by atoms with Crippen molar-refractivity contribution in [2.45, 2.75) is 25.6 Å². The molecule has 1 saturated heterocycles. The van der Waals surface area contributed by atoms with Gasteiger partial charge in [0.15, 0.2) is 0 Å². The molecule has 2 aromatic carbocycles. The molecule has 0 saturated carbocycles. The van der Waals surface area contributed by atoms with Crippen molar-refractivity contribution in [2.24, 2.45) is 0 Å². The number of nitrogens with zero attached hydrogens (tertiary/aromatic N) is 2. The van der Waals surface area contributed by atoms with Crippen molar-refractivity contribution in [3.8, 4) is 16.9 Å². The van der Waals surface area contributed by atoms with Crippen LogP contribution in [0.1, 0.15) is 35.0 Å². The highest BCUT2D eigenvalue weighted by Gasteiger charge is 2.34. The predicted molar refractivity (Wildman–Crippen MR) is 133 cm³/mol. The van der Waals surface area contributed by atoms with Crippen molar-refractivity contribution in [1.82, 2.24) is 14.8 Å². The molecule has 0 unspecified atom stereocenters. The van der Waals surface area contributed by atoms with Crippen LogP contribution in [-0.4, -0.2) is 41.6 Å². The second-order valence-corrected chi connectivity index (χ2v) is 8.70. The Hall–Kier alpha value is -3.58. The van der Waals surface area contributed by atoms with Crippen LogP contribution in [0.5, 0.6) is 0 Å². The summed E-state index contributed by atoms with van der Waals surface area (Å²) in [5.41, 5.74) is 2.41. The summed E-state index contributed by atoms with van der Waals surface area (Å²) >= 11 is 0. The molecule has 4 nitrogen and oxygen atoms in total. The van der Waals surface area contributed by atoms with Gasteiger partial charge in [0.1, 0.15) is 0 Å². The quantitative estimate of drug-likeness (QED) is 0.428.